The minimum absolute atomic E-state index is 0.0398. The van der Waals surface area contributed by atoms with E-state index in [0.29, 0.717) is 18.5 Å². The van der Waals surface area contributed by atoms with Gasteiger partial charge in [0.1, 0.15) is 11.5 Å². The predicted molar refractivity (Wildman–Crippen MR) is 110 cm³/mol. The average molecular weight is 410 g/mol. The number of aliphatic hydroxyl groups is 1. The first-order valence-electron chi connectivity index (χ1n) is 9.67. The number of aromatic hydroxyl groups is 1. The molecule has 1 unspecified atom stereocenters. The van der Waals surface area contributed by atoms with Crippen LogP contribution in [0.25, 0.3) is 5.76 Å². The first kappa shape index (κ1) is 21.0. The highest BCUT2D eigenvalue weighted by molar-refractivity contribution is 6.46. The Morgan fingerprint density at radius 3 is 2.53 bits per heavy atom. The van der Waals surface area contributed by atoms with Gasteiger partial charge in [-0.1, -0.05) is 44.0 Å². The van der Waals surface area contributed by atoms with Crippen molar-refractivity contribution in [2.45, 2.75) is 32.2 Å². The van der Waals surface area contributed by atoms with E-state index in [1.54, 1.807) is 12.1 Å². The number of hydrogen-bond acceptors (Lipinski definition) is 6. The third-order valence-corrected chi connectivity index (χ3v) is 5.06. The summed E-state index contributed by atoms with van der Waals surface area (Å²) >= 11 is 0. The lowest BCUT2D eigenvalue weighted by molar-refractivity contribution is -0.384. The number of phenols is 1. The van der Waals surface area contributed by atoms with Crippen LogP contribution in [0.1, 0.15) is 43.4 Å². The molecule has 1 fully saturated rings. The van der Waals surface area contributed by atoms with Crippen LogP contribution in [0, 0.1) is 10.1 Å². The number of benzene rings is 2. The number of Topliss-reactive ketones (excluding diaryl/α,β-unsaturated/α-hetero) is 1. The molecule has 1 heterocycles. The molecule has 0 bridgehead atoms. The van der Waals surface area contributed by atoms with E-state index in [9.17, 15) is 29.9 Å². The maximum absolute atomic E-state index is 12.8. The van der Waals surface area contributed by atoms with Gasteiger partial charge in [-0.3, -0.25) is 19.7 Å². The third kappa shape index (κ3) is 4.03. The summed E-state index contributed by atoms with van der Waals surface area (Å²) in [5, 5.41) is 31.9. The van der Waals surface area contributed by atoms with Crippen LogP contribution in [0.4, 0.5) is 5.69 Å². The largest absolute Gasteiger partial charge is 0.508 e. The van der Waals surface area contributed by atoms with Gasteiger partial charge in [0.2, 0.25) is 0 Å². The number of rotatable bonds is 7. The first-order chi connectivity index (χ1) is 14.3. The molecule has 156 valence electrons. The molecule has 8 nitrogen and oxygen atoms in total. The third-order valence-electron chi connectivity index (χ3n) is 5.06. The summed E-state index contributed by atoms with van der Waals surface area (Å²) in [6.45, 7) is 2.33. The van der Waals surface area contributed by atoms with Gasteiger partial charge in [-0.25, -0.2) is 0 Å². The number of carbonyl (C=O) groups excluding carboxylic acids is 2. The molecule has 0 saturated carbocycles. The van der Waals surface area contributed by atoms with Gasteiger partial charge in [0, 0.05) is 24.2 Å². The molecular weight excluding hydrogens is 388 g/mol. The topological polar surface area (TPSA) is 121 Å². The van der Waals surface area contributed by atoms with Crippen LogP contribution >= 0.6 is 0 Å². The molecule has 8 heteroatoms. The molecule has 0 spiro atoms. The molecule has 0 aliphatic carbocycles. The summed E-state index contributed by atoms with van der Waals surface area (Å²) < 4.78 is 0. The van der Waals surface area contributed by atoms with Crippen LogP contribution in [0.5, 0.6) is 5.75 Å². The molecule has 1 atom stereocenters. The van der Waals surface area contributed by atoms with Gasteiger partial charge in [-0.2, -0.15) is 0 Å². The van der Waals surface area contributed by atoms with Crippen LogP contribution in [0.3, 0.4) is 0 Å². The average Bonchev–Trinajstić information content (AvgIpc) is 2.98. The Bertz CT molecular complexity index is 1030. The molecule has 1 saturated heterocycles. The van der Waals surface area contributed by atoms with E-state index >= 15 is 0 Å². The summed E-state index contributed by atoms with van der Waals surface area (Å²) in [6, 6.07) is 10.5. The second-order valence-corrected chi connectivity index (χ2v) is 7.10. The van der Waals surface area contributed by atoms with Gasteiger partial charge in [-0.15, -0.1) is 0 Å². The van der Waals surface area contributed by atoms with Gasteiger partial charge in [0.15, 0.2) is 0 Å². The fourth-order valence-electron chi connectivity index (χ4n) is 3.61. The highest BCUT2D eigenvalue weighted by Gasteiger charge is 2.45. The van der Waals surface area contributed by atoms with E-state index in [4.69, 9.17) is 0 Å². The summed E-state index contributed by atoms with van der Waals surface area (Å²) in [6.07, 6.45) is 2.46. The summed E-state index contributed by atoms with van der Waals surface area (Å²) in [5.41, 5.74) is 0.145. The van der Waals surface area contributed by atoms with Crippen LogP contribution in [-0.2, 0) is 9.59 Å². The van der Waals surface area contributed by atoms with E-state index in [1.807, 2.05) is 6.92 Å². The quantitative estimate of drug-likeness (QED) is 0.178. The fraction of sp³-hybridized carbons (Fsp3) is 0.273. The summed E-state index contributed by atoms with van der Waals surface area (Å²) in [4.78, 5) is 37.5. The molecule has 2 aromatic rings. The van der Waals surface area contributed by atoms with Gasteiger partial charge >= 0.3 is 0 Å². The number of aliphatic hydroxyl groups excluding tert-OH is 1. The van der Waals surface area contributed by atoms with Crippen molar-refractivity contribution in [1.29, 1.82) is 0 Å². The normalized spacial score (nSPS) is 18.0. The number of nitrogens with zero attached hydrogens (tertiary/aromatic N) is 2. The molecule has 30 heavy (non-hydrogen) atoms. The molecule has 1 aliphatic rings. The Morgan fingerprint density at radius 2 is 1.87 bits per heavy atom. The van der Waals surface area contributed by atoms with Crippen molar-refractivity contribution in [2.75, 3.05) is 6.54 Å². The van der Waals surface area contributed by atoms with Gasteiger partial charge in [0.25, 0.3) is 17.4 Å². The minimum atomic E-state index is -0.895. The monoisotopic (exact) mass is 410 g/mol. The molecule has 3 rings (SSSR count). The number of non-ortho nitro benzene ring substituents is 1. The number of amides is 1. The van der Waals surface area contributed by atoms with E-state index in [-0.39, 0.29) is 22.6 Å². The Hall–Kier alpha value is -3.68. The van der Waals surface area contributed by atoms with Crippen molar-refractivity contribution in [1.82, 2.24) is 4.90 Å². The number of ketones is 1. The van der Waals surface area contributed by atoms with Crippen molar-refractivity contribution in [2.24, 2.45) is 0 Å². The zero-order valence-electron chi connectivity index (χ0n) is 16.4. The number of nitro benzene ring substituents is 1. The zero-order chi connectivity index (χ0) is 21.8. The Morgan fingerprint density at radius 1 is 1.13 bits per heavy atom. The van der Waals surface area contributed by atoms with Gasteiger partial charge in [-0.05, 0) is 24.1 Å². The molecule has 0 aromatic heterocycles. The second kappa shape index (κ2) is 8.77. The fourth-order valence-corrected chi connectivity index (χ4v) is 3.61. The number of likely N-dealkylation sites (tertiary alicyclic amines) is 1. The smallest absolute Gasteiger partial charge is 0.295 e. The van der Waals surface area contributed by atoms with E-state index < -0.39 is 28.4 Å². The van der Waals surface area contributed by atoms with Crippen molar-refractivity contribution < 1.29 is 24.7 Å². The second-order valence-electron chi connectivity index (χ2n) is 7.10. The highest BCUT2D eigenvalue weighted by atomic mass is 16.6. The molecular formula is C22H22N2O6. The molecule has 1 amide bonds. The first-order valence-corrected chi connectivity index (χ1v) is 9.67. The Kier molecular flexibility index (Phi) is 6.15. The number of hydrogen-bond donors (Lipinski definition) is 2. The molecule has 1 aliphatic heterocycles. The SMILES string of the molecule is CCCCCN1C(=O)C(=O)/C(=C(\O)c2cccc([N+](=O)[O-])c2)C1c1cccc(O)c1. The van der Waals surface area contributed by atoms with Crippen LogP contribution in [-0.4, -0.2) is 38.3 Å². The van der Waals surface area contributed by atoms with Crippen molar-refractivity contribution in [3.05, 3.63) is 75.3 Å². The van der Waals surface area contributed by atoms with Gasteiger partial charge in [0.05, 0.1) is 16.5 Å². The number of nitro groups is 1. The van der Waals surface area contributed by atoms with E-state index in [0.717, 1.165) is 18.9 Å². The standard InChI is InChI=1S/C22H22N2O6/c1-2-3-4-11-23-19(14-7-6-10-17(25)13-14)18(21(27)22(23)28)20(26)15-8-5-9-16(12-15)24(29)30/h5-10,12-13,19,25-26H,2-4,11H2,1H3/b20-18-. The minimum Gasteiger partial charge on any atom is -0.508 e. The summed E-state index contributed by atoms with van der Waals surface area (Å²) in [5.74, 6) is -2.12. The highest BCUT2D eigenvalue weighted by Crippen LogP contribution is 2.40. The Balaban J connectivity index is 2.15. The molecule has 2 N–H and O–H groups in total. The maximum atomic E-state index is 12.8. The molecule has 0 radical (unpaired) electrons. The van der Waals surface area contributed by atoms with Crippen LogP contribution < -0.4 is 0 Å². The zero-order valence-corrected chi connectivity index (χ0v) is 16.4. The number of unbranched alkanes of at least 4 members (excludes halogenated alkanes) is 2. The lowest BCUT2D eigenvalue weighted by atomic mass is 9.95. The van der Waals surface area contributed by atoms with E-state index in [2.05, 4.69) is 0 Å². The predicted octanol–water partition coefficient (Wildman–Crippen LogP) is 3.91. The molecule has 2 aromatic carbocycles. The van der Waals surface area contributed by atoms with Crippen LogP contribution in [0.15, 0.2) is 54.1 Å². The van der Waals surface area contributed by atoms with Crippen LogP contribution in [0.2, 0.25) is 0 Å². The van der Waals surface area contributed by atoms with Gasteiger partial charge < -0.3 is 15.1 Å². The summed E-state index contributed by atoms with van der Waals surface area (Å²) in [7, 11) is 0. The number of carbonyl (C=O) groups is 2. The lowest BCUT2D eigenvalue weighted by Gasteiger charge is -2.25. The maximum Gasteiger partial charge on any atom is 0.295 e. The van der Waals surface area contributed by atoms with Crippen molar-refractivity contribution in [3.63, 3.8) is 0 Å². The number of phenolic OH excluding ortho intramolecular Hbond substituents is 1. The Labute approximate surface area is 173 Å². The van der Waals surface area contributed by atoms with Crippen molar-refractivity contribution >= 4 is 23.1 Å². The van der Waals surface area contributed by atoms with Crippen molar-refractivity contribution in [3.8, 4) is 5.75 Å². The lowest BCUT2D eigenvalue weighted by Crippen LogP contribution is -2.30. The van der Waals surface area contributed by atoms with E-state index in [1.165, 1.54) is 35.2 Å².